The fourth-order valence-electron chi connectivity index (χ4n) is 3.11. The van der Waals surface area contributed by atoms with Gasteiger partial charge in [-0.05, 0) is 36.3 Å². The maximum Gasteiger partial charge on any atom is 0.231 e. The van der Waals surface area contributed by atoms with Crippen LogP contribution in [0.3, 0.4) is 0 Å². The van der Waals surface area contributed by atoms with Gasteiger partial charge in [-0.2, -0.15) is 12.6 Å². The second-order valence-electron chi connectivity index (χ2n) is 5.62. The maximum absolute atomic E-state index is 12.4. The third-order valence-electron chi connectivity index (χ3n) is 4.20. The van der Waals surface area contributed by atoms with E-state index in [1.54, 1.807) is 0 Å². The van der Waals surface area contributed by atoms with Crippen LogP contribution in [0.15, 0.2) is 18.2 Å². The van der Waals surface area contributed by atoms with Crippen LogP contribution in [0.2, 0.25) is 0 Å². The Hall–Kier alpha value is -1.36. The van der Waals surface area contributed by atoms with Gasteiger partial charge in [0.2, 0.25) is 12.7 Å². The summed E-state index contributed by atoms with van der Waals surface area (Å²) < 4.78 is 10.7. The second-order valence-corrected chi connectivity index (χ2v) is 6.07. The number of amides is 1. The van der Waals surface area contributed by atoms with Gasteiger partial charge < -0.3 is 14.4 Å². The molecule has 0 atom stereocenters. The summed E-state index contributed by atoms with van der Waals surface area (Å²) in [5.41, 5.74) is 1.10. The van der Waals surface area contributed by atoms with Crippen molar-refractivity contribution in [2.75, 3.05) is 12.5 Å². The van der Waals surface area contributed by atoms with E-state index in [-0.39, 0.29) is 12.7 Å². The highest BCUT2D eigenvalue weighted by atomic mass is 32.1. The highest BCUT2D eigenvalue weighted by Crippen LogP contribution is 2.33. The van der Waals surface area contributed by atoms with Crippen LogP contribution < -0.4 is 9.47 Å². The molecular weight excluding hydrogens is 286 g/mol. The molecule has 1 aliphatic heterocycles. The van der Waals surface area contributed by atoms with Crippen molar-refractivity contribution in [3.05, 3.63) is 23.8 Å². The molecule has 0 unspecified atom stereocenters. The van der Waals surface area contributed by atoms with E-state index in [0.29, 0.717) is 24.8 Å². The van der Waals surface area contributed by atoms with E-state index in [9.17, 15) is 4.79 Å². The van der Waals surface area contributed by atoms with Crippen LogP contribution in [0.25, 0.3) is 0 Å². The Balaban J connectivity index is 1.75. The Kier molecular flexibility index (Phi) is 4.58. The second kappa shape index (κ2) is 6.60. The Morgan fingerprint density at radius 1 is 1.24 bits per heavy atom. The standard InChI is InChI=1S/C16H21NO3S/c18-16(7-8-21)17(13-3-1-2-4-13)10-12-5-6-14-15(9-12)20-11-19-14/h5-6,9,13,21H,1-4,7-8,10-11H2. The van der Waals surface area contributed by atoms with Gasteiger partial charge in [0.15, 0.2) is 11.5 Å². The third kappa shape index (κ3) is 3.28. The summed E-state index contributed by atoms with van der Waals surface area (Å²) in [5, 5.41) is 0. The number of ether oxygens (including phenoxy) is 2. The van der Waals surface area contributed by atoms with Gasteiger partial charge in [0.05, 0.1) is 0 Å². The number of carbonyl (C=O) groups excluding carboxylic acids is 1. The highest BCUT2D eigenvalue weighted by molar-refractivity contribution is 7.80. The summed E-state index contributed by atoms with van der Waals surface area (Å²) in [7, 11) is 0. The summed E-state index contributed by atoms with van der Waals surface area (Å²) in [6.45, 7) is 0.928. The van der Waals surface area contributed by atoms with E-state index in [1.807, 2.05) is 23.1 Å². The predicted octanol–water partition coefficient (Wildman–Crippen LogP) is 3.01. The number of thiol groups is 1. The summed E-state index contributed by atoms with van der Waals surface area (Å²) in [6.07, 6.45) is 5.17. The molecule has 1 saturated carbocycles. The first-order chi connectivity index (χ1) is 10.3. The lowest BCUT2D eigenvalue weighted by atomic mass is 10.1. The van der Waals surface area contributed by atoms with Crippen LogP contribution in [-0.2, 0) is 11.3 Å². The van der Waals surface area contributed by atoms with E-state index in [4.69, 9.17) is 9.47 Å². The smallest absolute Gasteiger partial charge is 0.231 e. The van der Waals surface area contributed by atoms with Gasteiger partial charge >= 0.3 is 0 Å². The van der Waals surface area contributed by atoms with E-state index >= 15 is 0 Å². The molecule has 21 heavy (non-hydrogen) atoms. The first-order valence-electron chi connectivity index (χ1n) is 7.57. The van der Waals surface area contributed by atoms with Crippen molar-refractivity contribution in [1.29, 1.82) is 0 Å². The van der Waals surface area contributed by atoms with Crippen molar-refractivity contribution in [2.24, 2.45) is 0 Å². The summed E-state index contributed by atoms with van der Waals surface area (Å²) in [5.74, 6) is 2.37. The Morgan fingerprint density at radius 2 is 2.00 bits per heavy atom. The van der Waals surface area contributed by atoms with Crippen molar-refractivity contribution in [3.8, 4) is 11.5 Å². The van der Waals surface area contributed by atoms with Crippen LogP contribution >= 0.6 is 12.6 Å². The van der Waals surface area contributed by atoms with Crippen LogP contribution in [0.1, 0.15) is 37.7 Å². The molecule has 1 heterocycles. The first kappa shape index (κ1) is 14.6. The average molecular weight is 307 g/mol. The predicted molar refractivity (Wildman–Crippen MR) is 83.8 cm³/mol. The molecule has 0 N–H and O–H groups in total. The lowest BCUT2D eigenvalue weighted by Gasteiger charge is -2.29. The van der Waals surface area contributed by atoms with Gasteiger partial charge in [0.25, 0.3) is 0 Å². The molecule has 0 bridgehead atoms. The molecule has 0 spiro atoms. The van der Waals surface area contributed by atoms with Crippen LogP contribution in [-0.4, -0.2) is 29.4 Å². The van der Waals surface area contributed by atoms with E-state index in [0.717, 1.165) is 29.9 Å². The maximum atomic E-state index is 12.4. The molecule has 0 radical (unpaired) electrons. The largest absolute Gasteiger partial charge is 0.454 e. The monoisotopic (exact) mass is 307 g/mol. The van der Waals surface area contributed by atoms with Gasteiger partial charge in [-0.1, -0.05) is 18.9 Å². The zero-order valence-corrected chi connectivity index (χ0v) is 13.0. The molecule has 0 saturated heterocycles. The minimum absolute atomic E-state index is 0.203. The molecule has 1 aromatic rings. The fraction of sp³-hybridized carbons (Fsp3) is 0.562. The van der Waals surface area contributed by atoms with Gasteiger partial charge in [-0.25, -0.2) is 0 Å². The zero-order chi connectivity index (χ0) is 14.7. The molecule has 2 aliphatic rings. The molecular formula is C16H21NO3S. The SMILES string of the molecule is O=C(CCS)N(Cc1ccc2c(c1)OCO2)C1CCCC1. The van der Waals surface area contributed by atoms with Crippen LogP contribution in [0.4, 0.5) is 0 Å². The van der Waals surface area contributed by atoms with Gasteiger partial charge in [-0.3, -0.25) is 4.79 Å². The Labute approximate surface area is 130 Å². The van der Waals surface area contributed by atoms with Crippen LogP contribution in [0.5, 0.6) is 11.5 Å². The lowest BCUT2D eigenvalue weighted by molar-refractivity contribution is -0.133. The molecule has 1 fully saturated rings. The third-order valence-corrected chi connectivity index (χ3v) is 4.42. The number of fused-ring (bicyclic) bond motifs is 1. The van der Waals surface area contributed by atoms with Crippen molar-refractivity contribution in [1.82, 2.24) is 4.90 Å². The summed E-state index contributed by atoms with van der Waals surface area (Å²) in [4.78, 5) is 14.4. The van der Waals surface area contributed by atoms with Crippen molar-refractivity contribution in [2.45, 2.75) is 44.7 Å². The topological polar surface area (TPSA) is 38.8 Å². The van der Waals surface area contributed by atoms with Crippen molar-refractivity contribution < 1.29 is 14.3 Å². The van der Waals surface area contributed by atoms with Gasteiger partial charge in [-0.15, -0.1) is 0 Å². The average Bonchev–Trinajstić information content (AvgIpc) is 3.15. The fourth-order valence-corrected chi connectivity index (χ4v) is 3.30. The summed E-state index contributed by atoms with van der Waals surface area (Å²) in [6, 6.07) is 6.30. The molecule has 114 valence electrons. The first-order valence-corrected chi connectivity index (χ1v) is 8.20. The number of hydrogen-bond donors (Lipinski definition) is 1. The Bertz CT molecular complexity index is 514. The van der Waals surface area contributed by atoms with E-state index < -0.39 is 0 Å². The number of hydrogen-bond acceptors (Lipinski definition) is 4. The van der Waals surface area contributed by atoms with E-state index in [1.165, 1.54) is 12.8 Å². The van der Waals surface area contributed by atoms with Crippen molar-refractivity contribution >= 4 is 18.5 Å². The molecule has 1 aliphatic carbocycles. The number of nitrogens with zero attached hydrogens (tertiary/aromatic N) is 1. The molecule has 4 nitrogen and oxygen atoms in total. The number of benzene rings is 1. The van der Waals surface area contributed by atoms with Crippen LogP contribution in [0, 0.1) is 0 Å². The minimum Gasteiger partial charge on any atom is -0.454 e. The quantitative estimate of drug-likeness (QED) is 0.850. The molecule has 1 aromatic carbocycles. The van der Waals surface area contributed by atoms with Crippen molar-refractivity contribution in [3.63, 3.8) is 0 Å². The number of rotatable bonds is 5. The zero-order valence-electron chi connectivity index (χ0n) is 12.1. The minimum atomic E-state index is 0.203. The van der Waals surface area contributed by atoms with E-state index in [2.05, 4.69) is 12.6 Å². The summed E-state index contributed by atoms with van der Waals surface area (Å²) >= 11 is 4.19. The van der Waals surface area contributed by atoms with Gasteiger partial charge in [0.1, 0.15) is 0 Å². The Morgan fingerprint density at radius 3 is 2.76 bits per heavy atom. The lowest BCUT2D eigenvalue weighted by Crippen LogP contribution is -2.38. The number of carbonyl (C=O) groups is 1. The molecule has 3 rings (SSSR count). The molecule has 5 heteroatoms. The van der Waals surface area contributed by atoms with Gasteiger partial charge in [0, 0.05) is 19.0 Å². The highest BCUT2D eigenvalue weighted by Gasteiger charge is 2.26. The normalized spacial score (nSPS) is 17.2. The molecule has 0 aromatic heterocycles. The molecule has 1 amide bonds.